The number of nitrogens with zero attached hydrogens (tertiary/aromatic N) is 1. The Labute approximate surface area is 124 Å². The third kappa shape index (κ3) is 4.47. The second-order valence-electron chi connectivity index (χ2n) is 6.42. The molecule has 0 aromatic heterocycles. The number of amides is 1. The molecule has 0 N–H and O–H groups in total. The first-order chi connectivity index (χ1) is 9.76. The van der Waals surface area contributed by atoms with Crippen molar-refractivity contribution in [3.63, 3.8) is 0 Å². The number of hydrogen-bond acceptors (Lipinski definition) is 2. The lowest BCUT2D eigenvalue weighted by molar-refractivity contribution is -0.135. The lowest BCUT2D eigenvalue weighted by Gasteiger charge is -2.37. The van der Waals surface area contributed by atoms with Crippen LogP contribution in [0.3, 0.4) is 0 Å². The van der Waals surface area contributed by atoms with Crippen molar-refractivity contribution in [2.45, 2.75) is 83.7 Å². The molecule has 2 rings (SSSR count). The van der Waals surface area contributed by atoms with E-state index in [1.165, 1.54) is 44.9 Å². The van der Waals surface area contributed by atoms with Gasteiger partial charge in [-0.15, -0.1) is 0 Å². The second kappa shape index (κ2) is 8.02. The summed E-state index contributed by atoms with van der Waals surface area (Å²) in [5.74, 6) is 1.28. The molecule has 0 unspecified atom stereocenters. The van der Waals surface area contributed by atoms with Gasteiger partial charge in [-0.1, -0.05) is 13.3 Å². The maximum atomic E-state index is 12.5. The monoisotopic (exact) mass is 281 g/mol. The van der Waals surface area contributed by atoms with Crippen LogP contribution in [-0.2, 0) is 9.53 Å². The van der Waals surface area contributed by atoms with Crippen molar-refractivity contribution in [3.8, 4) is 0 Å². The maximum Gasteiger partial charge on any atom is 0.223 e. The highest BCUT2D eigenvalue weighted by molar-refractivity contribution is 5.77. The Kier molecular flexibility index (Phi) is 6.34. The molecule has 2 aliphatic carbocycles. The van der Waals surface area contributed by atoms with E-state index in [-0.39, 0.29) is 0 Å². The Bertz CT molecular complexity index is 293. The van der Waals surface area contributed by atoms with E-state index >= 15 is 0 Å². The summed E-state index contributed by atoms with van der Waals surface area (Å²) < 4.78 is 5.34. The molecule has 3 nitrogen and oxygen atoms in total. The first-order valence-electron chi connectivity index (χ1n) is 8.65. The summed E-state index contributed by atoms with van der Waals surface area (Å²) >= 11 is 0. The quantitative estimate of drug-likeness (QED) is 0.634. The summed E-state index contributed by atoms with van der Waals surface area (Å²) in [7, 11) is 0. The van der Waals surface area contributed by atoms with Crippen molar-refractivity contribution < 1.29 is 9.53 Å². The predicted octanol–water partition coefficient (Wildman–Crippen LogP) is 3.76. The lowest BCUT2D eigenvalue weighted by Crippen LogP contribution is -2.43. The van der Waals surface area contributed by atoms with Gasteiger partial charge in [-0.25, -0.2) is 0 Å². The smallest absolute Gasteiger partial charge is 0.223 e. The van der Waals surface area contributed by atoms with Crippen molar-refractivity contribution in [3.05, 3.63) is 0 Å². The normalized spacial score (nSPS) is 26.5. The second-order valence-corrected chi connectivity index (χ2v) is 6.42. The molecular formula is C17H31NO2. The van der Waals surface area contributed by atoms with Gasteiger partial charge in [0.15, 0.2) is 0 Å². The fourth-order valence-corrected chi connectivity index (χ4v) is 3.49. The number of ether oxygens (including phenoxy) is 1. The standard InChI is InChI=1S/C17H31NO2/c1-3-14-7-9-15(10-8-14)18(16-11-12-16)17(19)6-5-13-20-4-2/h14-16H,3-13H2,1-2H3. The zero-order chi connectivity index (χ0) is 14.4. The van der Waals surface area contributed by atoms with Crippen LogP contribution in [0.4, 0.5) is 0 Å². The highest BCUT2D eigenvalue weighted by Gasteiger charge is 2.38. The molecule has 0 spiro atoms. The number of carbonyl (C=O) groups excluding carboxylic acids is 1. The molecule has 0 radical (unpaired) electrons. The largest absolute Gasteiger partial charge is 0.382 e. The summed E-state index contributed by atoms with van der Waals surface area (Å²) in [5, 5.41) is 0. The third-order valence-electron chi connectivity index (χ3n) is 4.90. The van der Waals surface area contributed by atoms with E-state index < -0.39 is 0 Å². The van der Waals surface area contributed by atoms with Crippen LogP contribution in [0.5, 0.6) is 0 Å². The average Bonchev–Trinajstić information content (AvgIpc) is 3.29. The molecule has 0 aromatic carbocycles. The fourth-order valence-electron chi connectivity index (χ4n) is 3.49. The van der Waals surface area contributed by atoms with Crippen LogP contribution in [0.2, 0.25) is 0 Å². The molecule has 0 atom stereocenters. The molecule has 2 saturated carbocycles. The molecule has 0 bridgehead atoms. The van der Waals surface area contributed by atoms with Crippen LogP contribution in [0.15, 0.2) is 0 Å². The zero-order valence-corrected chi connectivity index (χ0v) is 13.3. The van der Waals surface area contributed by atoms with Crippen LogP contribution in [0.1, 0.15) is 71.6 Å². The minimum absolute atomic E-state index is 0.382. The third-order valence-corrected chi connectivity index (χ3v) is 4.90. The number of hydrogen-bond donors (Lipinski definition) is 0. The highest BCUT2D eigenvalue weighted by Crippen LogP contribution is 2.36. The van der Waals surface area contributed by atoms with Gasteiger partial charge in [0.1, 0.15) is 0 Å². The fraction of sp³-hybridized carbons (Fsp3) is 0.941. The van der Waals surface area contributed by atoms with Crippen LogP contribution < -0.4 is 0 Å². The molecule has 116 valence electrons. The summed E-state index contributed by atoms with van der Waals surface area (Å²) in [6.45, 7) is 5.78. The summed E-state index contributed by atoms with van der Waals surface area (Å²) in [6, 6.07) is 1.10. The Hall–Kier alpha value is -0.570. The van der Waals surface area contributed by atoms with E-state index in [0.717, 1.165) is 25.6 Å². The molecule has 1 amide bonds. The van der Waals surface area contributed by atoms with Crippen molar-refractivity contribution in [2.75, 3.05) is 13.2 Å². The van der Waals surface area contributed by atoms with E-state index in [1.54, 1.807) is 0 Å². The first-order valence-corrected chi connectivity index (χ1v) is 8.65. The van der Waals surface area contributed by atoms with Crippen molar-refractivity contribution in [1.82, 2.24) is 4.90 Å². The summed E-state index contributed by atoms with van der Waals surface area (Å²) in [6.07, 6.45) is 10.4. The van der Waals surface area contributed by atoms with E-state index in [0.29, 0.717) is 24.4 Å². The highest BCUT2D eigenvalue weighted by atomic mass is 16.5. The van der Waals surface area contributed by atoms with Crippen LogP contribution in [0, 0.1) is 5.92 Å². The van der Waals surface area contributed by atoms with Gasteiger partial charge in [0.05, 0.1) is 0 Å². The van der Waals surface area contributed by atoms with Gasteiger partial charge in [0.25, 0.3) is 0 Å². The Morgan fingerprint density at radius 1 is 1.05 bits per heavy atom. The van der Waals surface area contributed by atoms with Gasteiger partial charge in [-0.2, -0.15) is 0 Å². The Morgan fingerprint density at radius 2 is 1.65 bits per heavy atom. The van der Waals surface area contributed by atoms with E-state index in [4.69, 9.17) is 4.74 Å². The zero-order valence-electron chi connectivity index (χ0n) is 13.3. The molecular weight excluding hydrogens is 250 g/mol. The minimum Gasteiger partial charge on any atom is -0.382 e. The van der Waals surface area contributed by atoms with Gasteiger partial charge in [0, 0.05) is 31.7 Å². The van der Waals surface area contributed by atoms with Crippen molar-refractivity contribution in [2.24, 2.45) is 5.92 Å². The first kappa shape index (κ1) is 15.8. The molecule has 20 heavy (non-hydrogen) atoms. The maximum absolute atomic E-state index is 12.5. The van der Waals surface area contributed by atoms with Crippen LogP contribution in [0.25, 0.3) is 0 Å². The van der Waals surface area contributed by atoms with Crippen molar-refractivity contribution in [1.29, 1.82) is 0 Å². The molecule has 2 aliphatic rings. The molecule has 0 heterocycles. The van der Waals surface area contributed by atoms with Gasteiger partial charge in [-0.05, 0) is 57.8 Å². The van der Waals surface area contributed by atoms with Gasteiger partial charge < -0.3 is 9.64 Å². The van der Waals surface area contributed by atoms with Crippen LogP contribution >= 0.6 is 0 Å². The Balaban J connectivity index is 1.79. The summed E-state index contributed by atoms with van der Waals surface area (Å²) in [5.41, 5.74) is 0. The predicted molar refractivity (Wildman–Crippen MR) is 81.6 cm³/mol. The van der Waals surface area contributed by atoms with Gasteiger partial charge in [0.2, 0.25) is 5.91 Å². The van der Waals surface area contributed by atoms with Gasteiger partial charge in [-0.3, -0.25) is 4.79 Å². The number of carbonyl (C=O) groups is 1. The van der Waals surface area contributed by atoms with E-state index in [1.807, 2.05) is 6.92 Å². The van der Waals surface area contributed by atoms with E-state index in [2.05, 4.69) is 11.8 Å². The molecule has 0 aliphatic heterocycles. The number of rotatable bonds is 8. The van der Waals surface area contributed by atoms with Crippen molar-refractivity contribution >= 4 is 5.91 Å². The van der Waals surface area contributed by atoms with E-state index in [9.17, 15) is 4.79 Å². The molecule has 2 fully saturated rings. The molecule has 3 heteroatoms. The van der Waals surface area contributed by atoms with Gasteiger partial charge >= 0.3 is 0 Å². The minimum atomic E-state index is 0.382. The topological polar surface area (TPSA) is 29.5 Å². The summed E-state index contributed by atoms with van der Waals surface area (Å²) in [4.78, 5) is 14.8. The average molecular weight is 281 g/mol. The lowest BCUT2D eigenvalue weighted by atomic mass is 9.83. The molecule has 0 aromatic rings. The Morgan fingerprint density at radius 3 is 2.15 bits per heavy atom. The van der Waals surface area contributed by atoms with Crippen LogP contribution in [-0.4, -0.2) is 36.1 Å². The molecule has 0 saturated heterocycles. The SMILES string of the molecule is CCOCCCC(=O)N(C1CCC(CC)CC1)C1CC1.